The minimum atomic E-state index is -0.769. The SMILES string of the molecule is COc1ccccc1C(=O)N1CC[C@@]2(O)CCCC[C@@H]2[C@@H]1c1ccc(F)cc1. The van der Waals surface area contributed by atoms with Crippen LogP contribution < -0.4 is 4.74 Å². The Hall–Kier alpha value is -2.40. The zero-order valence-corrected chi connectivity index (χ0v) is 16.1. The molecule has 2 aromatic carbocycles. The molecule has 28 heavy (non-hydrogen) atoms. The quantitative estimate of drug-likeness (QED) is 0.858. The van der Waals surface area contributed by atoms with Crippen molar-refractivity contribution in [3.63, 3.8) is 0 Å². The number of benzene rings is 2. The molecule has 4 nitrogen and oxygen atoms in total. The molecule has 2 fully saturated rings. The highest BCUT2D eigenvalue weighted by molar-refractivity contribution is 5.97. The van der Waals surface area contributed by atoms with Gasteiger partial charge in [-0.05, 0) is 49.1 Å². The molecule has 4 rings (SSSR count). The van der Waals surface area contributed by atoms with Crippen molar-refractivity contribution in [2.24, 2.45) is 5.92 Å². The van der Waals surface area contributed by atoms with Crippen LogP contribution in [0, 0.1) is 11.7 Å². The number of rotatable bonds is 3. The summed E-state index contributed by atoms with van der Waals surface area (Å²) in [5, 5.41) is 11.3. The van der Waals surface area contributed by atoms with E-state index >= 15 is 0 Å². The Kier molecular flexibility index (Phi) is 5.11. The smallest absolute Gasteiger partial charge is 0.258 e. The molecule has 0 radical (unpaired) electrons. The summed E-state index contributed by atoms with van der Waals surface area (Å²) in [5.74, 6) is 0.0643. The van der Waals surface area contributed by atoms with E-state index in [1.807, 2.05) is 17.0 Å². The summed E-state index contributed by atoms with van der Waals surface area (Å²) >= 11 is 0. The molecule has 0 unspecified atom stereocenters. The second-order valence-corrected chi connectivity index (χ2v) is 7.90. The summed E-state index contributed by atoms with van der Waals surface area (Å²) in [6.07, 6.45) is 4.21. The summed E-state index contributed by atoms with van der Waals surface area (Å²) in [6.45, 7) is 0.464. The third-order valence-electron chi connectivity index (χ3n) is 6.38. The average Bonchev–Trinajstić information content (AvgIpc) is 2.72. The lowest BCUT2D eigenvalue weighted by atomic mass is 9.66. The van der Waals surface area contributed by atoms with E-state index in [-0.39, 0.29) is 23.7 Å². The third-order valence-corrected chi connectivity index (χ3v) is 6.38. The van der Waals surface area contributed by atoms with Gasteiger partial charge in [-0.2, -0.15) is 0 Å². The zero-order chi connectivity index (χ0) is 19.7. The number of amides is 1. The summed E-state index contributed by atoms with van der Waals surface area (Å²) in [4.78, 5) is 15.3. The molecule has 1 heterocycles. The molecule has 1 aliphatic carbocycles. The normalized spacial score (nSPS) is 27.2. The molecule has 0 aromatic heterocycles. The van der Waals surface area contributed by atoms with Crippen molar-refractivity contribution in [1.29, 1.82) is 0 Å². The Balaban J connectivity index is 1.76. The lowest BCUT2D eigenvalue weighted by Crippen LogP contribution is -2.56. The minimum Gasteiger partial charge on any atom is -0.496 e. The number of likely N-dealkylation sites (tertiary alicyclic amines) is 1. The highest BCUT2D eigenvalue weighted by atomic mass is 19.1. The Bertz CT molecular complexity index is 853. The van der Waals surface area contributed by atoms with Crippen molar-refractivity contribution in [3.05, 3.63) is 65.5 Å². The average molecular weight is 383 g/mol. The predicted molar refractivity (Wildman–Crippen MR) is 105 cm³/mol. The number of carbonyl (C=O) groups is 1. The number of methoxy groups -OCH3 is 1. The van der Waals surface area contributed by atoms with Gasteiger partial charge in [0.2, 0.25) is 0 Å². The van der Waals surface area contributed by atoms with Gasteiger partial charge < -0.3 is 14.7 Å². The van der Waals surface area contributed by atoms with E-state index in [1.165, 1.54) is 12.1 Å². The van der Waals surface area contributed by atoms with E-state index in [9.17, 15) is 14.3 Å². The van der Waals surface area contributed by atoms with Gasteiger partial charge in [0.1, 0.15) is 11.6 Å². The van der Waals surface area contributed by atoms with E-state index < -0.39 is 5.60 Å². The van der Waals surface area contributed by atoms with Gasteiger partial charge in [-0.15, -0.1) is 0 Å². The van der Waals surface area contributed by atoms with Crippen LogP contribution in [0.1, 0.15) is 54.1 Å². The molecule has 0 bridgehead atoms. The Morgan fingerprint density at radius 1 is 1.14 bits per heavy atom. The van der Waals surface area contributed by atoms with Crippen LogP contribution in [0.25, 0.3) is 0 Å². The minimum absolute atomic E-state index is 0.0564. The van der Waals surface area contributed by atoms with Gasteiger partial charge in [0.15, 0.2) is 0 Å². The van der Waals surface area contributed by atoms with Gasteiger partial charge >= 0.3 is 0 Å². The fraction of sp³-hybridized carbons (Fsp3) is 0.435. The number of halogens is 1. The topological polar surface area (TPSA) is 49.8 Å². The number of para-hydroxylation sites is 1. The first-order chi connectivity index (χ1) is 13.5. The van der Waals surface area contributed by atoms with Crippen LogP contribution >= 0.6 is 0 Å². The van der Waals surface area contributed by atoms with Crippen molar-refractivity contribution < 1.29 is 19.0 Å². The van der Waals surface area contributed by atoms with Gasteiger partial charge in [-0.3, -0.25) is 4.79 Å². The van der Waals surface area contributed by atoms with E-state index in [2.05, 4.69) is 0 Å². The summed E-state index contributed by atoms with van der Waals surface area (Å²) in [6, 6.07) is 13.3. The molecular weight excluding hydrogens is 357 g/mol. The molecule has 1 N–H and O–H groups in total. The number of ether oxygens (including phenoxy) is 1. The predicted octanol–water partition coefficient (Wildman–Crippen LogP) is 4.34. The van der Waals surface area contributed by atoms with Crippen LogP contribution in [0.3, 0.4) is 0 Å². The molecule has 5 heteroatoms. The molecule has 3 atom stereocenters. The van der Waals surface area contributed by atoms with Crippen molar-refractivity contribution in [2.75, 3.05) is 13.7 Å². The Morgan fingerprint density at radius 3 is 2.64 bits per heavy atom. The van der Waals surface area contributed by atoms with Gasteiger partial charge in [-0.1, -0.05) is 37.1 Å². The molecule has 2 aliphatic rings. The number of carbonyl (C=O) groups excluding carboxylic acids is 1. The second-order valence-electron chi connectivity index (χ2n) is 7.90. The van der Waals surface area contributed by atoms with Crippen LogP contribution in [0.15, 0.2) is 48.5 Å². The first kappa shape index (κ1) is 18.9. The number of nitrogens with zero attached hydrogens (tertiary/aromatic N) is 1. The number of aliphatic hydroxyl groups is 1. The lowest BCUT2D eigenvalue weighted by molar-refractivity contribution is -0.115. The summed E-state index contributed by atoms with van der Waals surface area (Å²) in [7, 11) is 1.56. The maximum atomic E-state index is 13.5. The highest BCUT2D eigenvalue weighted by Gasteiger charge is 2.50. The van der Waals surface area contributed by atoms with Gasteiger partial charge in [0, 0.05) is 12.5 Å². The number of fused-ring (bicyclic) bond motifs is 1. The zero-order valence-electron chi connectivity index (χ0n) is 16.1. The molecule has 1 saturated carbocycles. The maximum absolute atomic E-state index is 13.5. The van der Waals surface area contributed by atoms with Crippen molar-refractivity contribution in [3.8, 4) is 5.75 Å². The summed E-state index contributed by atoms with van der Waals surface area (Å²) < 4.78 is 18.9. The standard InChI is InChI=1S/C23H26FNO3/c1-28-20-8-3-2-6-18(20)22(26)25-15-14-23(27)13-5-4-7-19(23)21(25)16-9-11-17(24)12-10-16/h2-3,6,8-12,19,21,27H,4-5,7,13-15H2,1H3/t19-,21+,23+/m1/s1. The Labute approximate surface area is 164 Å². The molecular formula is C23H26FNO3. The van der Waals surface area contributed by atoms with Crippen LogP contribution in [-0.2, 0) is 0 Å². The van der Waals surface area contributed by atoms with Crippen molar-refractivity contribution in [1.82, 2.24) is 4.90 Å². The number of hydrogen-bond acceptors (Lipinski definition) is 3. The first-order valence-corrected chi connectivity index (χ1v) is 9.95. The van der Waals surface area contributed by atoms with Crippen LogP contribution in [0.2, 0.25) is 0 Å². The lowest BCUT2D eigenvalue weighted by Gasteiger charge is -2.52. The fourth-order valence-corrected chi connectivity index (χ4v) is 4.96. The molecule has 2 aromatic rings. The van der Waals surface area contributed by atoms with Crippen LogP contribution in [0.4, 0.5) is 4.39 Å². The monoisotopic (exact) mass is 383 g/mol. The third kappa shape index (κ3) is 3.28. The van der Waals surface area contributed by atoms with E-state index in [1.54, 1.807) is 31.4 Å². The van der Waals surface area contributed by atoms with Gasteiger partial charge in [0.25, 0.3) is 5.91 Å². The fourth-order valence-electron chi connectivity index (χ4n) is 4.96. The van der Waals surface area contributed by atoms with Crippen LogP contribution in [0.5, 0.6) is 5.75 Å². The number of piperidine rings is 1. The van der Waals surface area contributed by atoms with Gasteiger partial charge in [-0.25, -0.2) is 4.39 Å². The van der Waals surface area contributed by atoms with Crippen LogP contribution in [-0.4, -0.2) is 35.2 Å². The molecule has 148 valence electrons. The highest BCUT2D eigenvalue weighted by Crippen LogP contribution is 2.49. The molecule has 1 aliphatic heterocycles. The largest absolute Gasteiger partial charge is 0.496 e. The first-order valence-electron chi connectivity index (χ1n) is 9.95. The Morgan fingerprint density at radius 2 is 1.89 bits per heavy atom. The van der Waals surface area contributed by atoms with Crippen molar-refractivity contribution in [2.45, 2.75) is 43.7 Å². The summed E-state index contributed by atoms with van der Waals surface area (Å²) in [5.41, 5.74) is 0.613. The van der Waals surface area contributed by atoms with E-state index in [0.29, 0.717) is 24.3 Å². The molecule has 1 saturated heterocycles. The van der Waals surface area contributed by atoms with Crippen molar-refractivity contribution >= 4 is 5.91 Å². The molecule has 0 spiro atoms. The maximum Gasteiger partial charge on any atom is 0.258 e. The van der Waals surface area contributed by atoms with E-state index in [0.717, 1.165) is 31.2 Å². The number of hydrogen-bond donors (Lipinski definition) is 1. The second kappa shape index (κ2) is 7.55. The molecule has 1 amide bonds. The van der Waals surface area contributed by atoms with Gasteiger partial charge in [0.05, 0.1) is 24.3 Å². The van der Waals surface area contributed by atoms with E-state index in [4.69, 9.17) is 4.74 Å².